The van der Waals surface area contributed by atoms with Gasteiger partial charge in [0.25, 0.3) is 0 Å². The van der Waals surface area contributed by atoms with Crippen LogP contribution < -0.4 is 5.32 Å². The van der Waals surface area contributed by atoms with Gasteiger partial charge in [-0.15, -0.1) is 0 Å². The first-order valence-corrected chi connectivity index (χ1v) is 6.79. The normalized spacial score (nSPS) is 10.2. The zero-order valence-corrected chi connectivity index (χ0v) is 12.7. The van der Waals surface area contributed by atoms with Crippen LogP contribution in [-0.2, 0) is 9.59 Å². The highest BCUT2D eigenvalue weighted by Crippen LogP contribution is 2.06. The summed E-state index contributed by atoms with van der Waals surface area (Å²) in [5, 5.41) is 11.3. The Morgan fingerprint density at radius 2 is 1.85 bits per heavy atom. The minimum absolute atomic E-state index is 0.00514. The number of carbonyl (C=O) groups is 3. The van der Waals surface area contributed by atoms with Crippen molar-refractivity contribution in [3.05, 3.63) is 0 Å². The second kappa shape index (κ2) is 9.17. The first-order valence-electron chi connectivity index (χ1n) is 6.79. The molecule has 0 heterocycles. The van der Waals surface area contributed by atoms with Crippen molar-refractivity contribution in [1.82, 2.24) is 15.1 Å². The van der Waals surface area contributed by atoms with E-state index < -0.39 is 5.97 Å². The van der Waals surface area contributed by atoms with Crippen molar-refractivity contribution in [2.45, 2.75) is 39.7 Å². The maximum atomic E-state index is 12.2. The molecule has 7 heteroatoms. The van der Waals surface area contributed by atoms with Gasteiger partial charge in [0, 0.05) is 32.6 Å². The molecule has 0 unspecified atom stereocenters. The van der Waals surface area contributed by atoms with Gasteiger partial charge in [-0.05, 0) is 27.2 Å². The summed E-state index contributed by atoms with van der Waals surface area (Å²) in [7, 11) is 1.56. The summed E-state index contributed by atoms with van der Waals surface area (Å²) < 4.78 is 0. The third-order valence-electron chi connectivity index (χ3n) is 2.74. The average molecular weight is 287 g/mol. The largest absolute Gasteiger partial charge is 0.481 e. The molecule has 3 amide bonds. The third kappa shape index (κ3) is 6.96. The summed E-state index contributed by atoms with van der Waals surface area (Å²) in [5.74, 6) is -1.09. The van der Waals surface area contributed by atoms with E-state index in [1.165, 1.54) is 4.90 Å². The molecular weight excluding hydrogens is 262 g/mol. The number of carboxylic acid groups (broad SMARTS) is 1. The highest BCUT2D eigenvalue weighted by Gasteiger charge is 2.22. The summed E-state index contributed by atoms with van der Waals surface area (Å²) >= 11 is 0. The Bertz CT molecular complexity index is 345. The maximum absolute atomic E-state index is 12.2. The molecular formula is C13H25N3O4. The van der Waals surface area contributed by atoms with Crippen LogP contribution in [0.4, 0.5) is 4.79 Å². The molecule has 0 aromatic rings. The zero-order chi connectivity index (χ0) is 15.7. The van der Waals surface area contributed by atoms with Gasteiger partial charge >= 0.3 is 12.0 Å². The van der Waals surface area contributed by atoms with Crippen molar-refractivity contribution in [3.8, 4) is 0 Å². The summed E-state index contributed by atoms with van der Waals surface area (Å²) in [4.78, 5) is 37.1. The molecule has 0 aliphatic carbocycles. The standard InChI is InChI=1S/C13H25N3O4/c1-5-14-11(17)9-15(4)13(20)16(10(2)3)8-6-7-12(18)19/h10H,5-9H2,1-4H3,(H,14,17)(H,18,19). The second-order valence-electron chi connectivity index (χ2n) is 4.88. The molecule has 0 aliphatic rings. The van der Waals surface area contributed by atoms with E-state index in [-0.39, 0.29) is 30.9 Å². The molecule has 2 N–H and O–H groups in total. The number of likely N-dealkylation sites (N-methyl/N-ethyl adjacent to an activating group) is 2. The Morgan fingerprint density at radius 1 is 1.25 bits per heavy atom. The maximum Gasteiger partial charge on any atom is 0.320 e. The van der Waals surface area contributed by atoms with Crippen LogP contribution in [0.2, 0.25) is 0 Å². The van der Waals surface area contributed by atoms with Gasteiger partial charge in [-0.3, -0.25) is 9.59 Å². The van der Waals surface area contributed by atoms with Crippen LogP contribution in [0.25, 0.3) is 0 Å². The number of rotatable bonds is 8. The highest BCUT2D eigenvalue weighted by atomic mass is 16.4. The van der Waals surface area contributed by atoms with Crippen molar-refractivity contribution in [2.75, 3.05) is 26.7 Å². The van der Waals surface area contributed by atoms with Crippen molar-refractivity contribution in [2.24, 2.45) is 0 Å². The predicted octanol–water partition coefficient (Wildman–Crippen LogP) is 0.750. The first kappa shape index (κ1) is 18.2. The highest BCUT2D eigenvalue weighted by molar-refractivity contribution is 5.84. The minimum atomic E-state index is -0.878. The number of nitrogens with zero attached hydrogens (tertiary/aromatic N) is 2. The lowest BCUT2D eigenvalue weighted by molar-refractivity contribution is -0.137. The SMILES string of the molecule is CCNC(=O)CN(C)C(=O)N(CCCC(=O)O)C(C)C. The van der Waals surface area contributed by atoms with Crippen LogP contribution >= 0.6 is 0 Å². The van der Waals surface area contributed by atoms with Crippen molar-refractivity contribution >= 4 is 17.9 Å². The van der Waals surface area contributed by atoms with Gasteiger partial charge in [0.05, 0.1) is 0 Å². The lowest BCUT2D eigenvalue weighted by Crippen LogP contribution is -2.48. The van der Waals surface area contributed by atoms with Gasteiger partial charge in [0.15, 0.2) is 0 Å². The predicted molar refractivity (Wildman–Crippen MR) is 75.4 cm³/mol. The van der Waals surface area contributed by atoms with E-state index in [0.29, 0.717) is 19.5 Å². The zero-order valence-electron chi connectivity index (χ0n) is 12.7. The fourth-order valence-corrected chi connectivity index (χ4v) is 1.73. The molecule has 0 atom stereocenters. The second-order valence-corrected chi connectivity index (χ2v) is 4.88. The van der Waals surface area contributed by atoms with Gasteiger partial charge < -0.3 is 20.2 Å². The first-order chi connectivity index (χ1) is 9.29. The Morgan fingerprint density at radius 3 is 2.30 bits per heavy atom. The molecule has 0 saturated heterocycles. The molecule has 20 heavy (non-hydrogen) atoms. The smallest absolute Gasteiger partial charge is 0.320 e. The van der Waals surface area contributed by atoms with Crippen molar-refractivity contribution < 1.29 is 19.5 Å². The number of urea groups is 1. The fourth-order valence-electron chi connectivity index (χ4n) is 1.73. The molecule has 0 aromatic carbocycles. The van der Waals surface area contributed by atoms with Crippen LogP contribution in [0.1, 0.15) is 33.6 Å². The van der Waals surface area contributed by atoms with Gasteiger partial charge in [-0.2, -0.15) is 0 Å². The van der Waals surface area contributed by atoms with E-state index in [2.05, 4.69) is 5.32 Å². The molecule has 0 saturated carbocycles. The number of nitrogens with one attached hydrogen (secondary N) is 1. The molecule has 0 fully saturated rings. The van der Waals surface area contributed by atoms with Gasteiger partial charge in [0.1, 0.15) is 6.54 Å². The van der Waals surface area contributed by atoms with E-state index in [9.17, 15) is 14.4 Å². The molecule has 0 spiro atoms. The average Bonchev–Trinajstić information content (AvgIpc) is 2.33. The summed E-state index contributed by atoms with van der Waals surface area (Å²) in [6, 6.07) is -0.315. The number of hydrogen-bond donors (Lipinski definition) is 2. The minimum Gasteiger partial charge on any atom is -0.481 e. The quantitative estimate of drug-likeness (QED) is 0.689. The molecule has 0 aliphatic heterocycles. The molecule has 116 valence electrons. The summed E-state index contributed by atoms with van der Waals surface area (Å²) in [6.07, 6.45) is 0.421. The van der Waals surface area contributed by atoms with Crippen LogP contribution in [0.5, 0.6) is 0 Å². The van der Waals surface area contributed by atoms with Crippen molar-refractivity contribution in [3.63, 3.8) is 0 Å². The van der Waals surface area contributed by atoms with Gasteiger partial charge in [-0.1, -0.05) is 0 Å². The van der Waals surface area contributed by atoms with Crippen molar-refractivity contribution in [1.29, 1.82) is 0 Å². The number of amides is 3. The summed E-state index contributed by atoms with van der Waals surface area (Å²) in [5.41, 5.74) is 0. The lowest BCUT2D eigenvalue weighted by Gasteiger charge is -2.31. The molecule has 0 bridgehead atoms. The van der Waals surface area contributed by atoms with E-state index in [1.54, 1.807) is 11.9 Å². The van der Waals surface area contributed by atoms with Crippen LogP contribution in [0, 0.1) is 0 Å². The van der Waals surface area contributed by atoms with Gasteiger partial charge in [-0.25, -0.2) is 4.79 Å². The number of carbonyl (C=O) groups excluding carboxylic acids is 2. The summed E-state index contributed by atoms with van der Waals surface area (Å²) in [6.45, 7) is 6.41. The van der Waals surface area contributed by atoms with E-state index in [1.807, 2.05) is 20.8 Å². The van der Waals surface area contributed by atoms with Crippen LogP contribution in [0.3, 0.4) is 0 Å². The topological polar surface area (TPSA) is 90.0 Å². The van der Waals surface area contributed by atoms with E-state index in [0.717, 1.165) is 0 Å². The number of hydrogen-bond acceptors (Lipinski definition) is 3. The lowest BCUT2D eigenvalue weighted by atomic mass is 10.2. The number of aliphatic carboxylic acids is 1. The fraction of sp³-hybridized carbons (Fsp3) is 0.769. The van der Waals surface area contributed by atoms with Crippen LogP contribution in [0.15, 0.2) is 0 Å². The molecule has 7 nitrogen and oxygen atoms in total. The van der Waals surface area contributed by atoms with Crippen LogP contribution in [-0.4, -0.2) is 65.5 Å². The Balaban J connectivity index is 4.47. The Hall–Kier alpha value is -1.79. The van der Waals surface area contributed by atoms with E-state index in [4.69, 9.17) is 5.11 Å². The Labute approximate surface area is 119 Å². The van der Waals surface area contributed by atoms with Gasteiger partial charge in [0.2, 0.25) is 5.91 Å². The Kier molecular flexibility index (Phi) is 8.35. The monoisotopic (exact) mass is 287 g/mol. The number of carboxylic acids is 1. The van der Waals surface area contributed by atoms with E-state index >= 15 is 0 Å². The molecule has 0 aromatic heterocycles. The molecule has 0 rings (SSSR count). The molecule has 0 radical (unpaired) electrons. The third-order valence-corrected chi connectivity index (χ3v) is 2.74.